The molecule has 4 nitrogen and oxygen atoms in total. The number of hydrogen-bond acceptors (Lipinski definition) is 2. The zero-order valence-electron chi connectivity index (χ0n) is 13.3. The molecule has 2 rings (SSSR count). The maximum atomic E-state index is 12.1. The Morgan fingerprint density at radius 1 is 1.43 bits per heavy atom. The fourth-order valence-electron chi connectivity index (χ4n) is 3.27. The third kappa shape index (κ3) is 4.73. The Hall–Kier alpha value is -1.58. The molecule has 0 aromatic carbocycles. The number of amides is 2. The van der Waals surface area contributed by atoms with E-state index in [2.05, 4.69) is 36.4 Å². The third-order valence-electron chi connectivity index (χ3n) is 4.51. The summed E-state index contributed by atoms with van der Waals surface area (Å²) in [5.74, 6) is 1.90. The minimum Gasteiger partial charge on any atom is -0.335 e. The van der Waals surface area contributed by atoms with Crippen molar-refractivity contribution in [2.24, 2.45) is 17.8 Å². The summed E-state index contributed by atoms with van der Waals surface area (Å²) in [5.41, 5.74) is 1.02. The molecule has 21 heavy (non-hydrogen) atoms. The number of pyridine rings is 1. The summed E-state index contributed by atoms with van der Waals surface area (Å²) in [7, 11) is 0. The maximum absolute atomic E-state index is 12.1. The molecule has 0 aliphatic heterocycles. The van der Waals surface area contributed by atoms with Gasteiger partial charge in [-0.1, -0.05) is 33.3 Å². The molecule has 0 radical (unpaired) electrons. The first-order chi connectivity index (χ1) is 10.1. The van der Waals surface area contributed by atoms with Gasteiger partial charge in [0.25, 0.3) is 0 Å². The first-order valence-electron chi connectivity index (χ1n) is 7.99. The molecule has 2 N–H and O–H groups in total. The predicted octanol–water partition coefficient (Wildman–Crippen LogP) is 3.34. The maximum Gasteiger partial charge on any atom is 0.315 e. The molecular weight excluding hydrogens is 262 g/mol. The average molecular weight is 289 g/mol. The van der Waals surface area contributed by atoms with Crippen LogP contribution in [-0.2, 0) is 6.54 Å². The van der Waals surface area contributed by atoms with E-state index in [0.717, 1.165) is 12.0 Å². The Balaban J connectivity index is 1.85. The first-order valence-corrected chi connectivity index (χ1v) is 7.99. The van der Waals surface area contributed by atoms with E-state index in [1.807, 2.05) is 12.1 Å². The smallest absolute Gasteiger partial charge is 0.315 e. The van der Waals surface area contributed by atoms with Crippen LogP contribution in [-0.4, -0.2) is 17.1 Å². The molecule has 0 spiro atoms. The van der Waals surface area contributed by atoms with E-state index in [0.29, 0.717) is 30.3 Å². The van der Waals surface area contributed by atoms with Gasteiger partial charge >= 0.3 is 6.03 Å². The van der Waals surface area contributed by atoms with Gasteiger partial charge < -0.3 is 10.6 Å². The van der Waals surface area contributed by atoms with Crippen LogP contribution in [0, 0.1) is 17.8 Å². The summed E-state index contributed by atoms with van der Waals surface area (Å²) < 4.78 is 0. The Morgan fingerprint density at radius 2 is 2.24 bits per heavy atom. The molecule has 0 unspecified atom stereocenters. The molecule has 1 aromatic rings. The van der Waals surface area contributed by atoms with E-state index >= 15 is 0 Å². The largest absolute Gasteiger partial charge is 0.335 e. The predicted molar refractivity (Wildman–Crippen MR) is 84.7 cm³/mol. The van der Waals surface area contributed by atoms with Crippen LogP contribution in [0.2, 0.25) is 0 Å². The van der Waals surface area contributed by atoms with Gasteiger partial charge in [-0.15, -0.1) is 0 Å². The Bertz CT molecular complexity index is 447. The van der Waals surface area contributed by atoms with Crippen molar-refractivity contribution in [3.63, 3.8) is 0 Å². The SMILES string of the molecule is CC(C)[C@@H]1CC[C@@H](C)C[C@H]1NC(=O)NCc1cccnc1. The van der Waals surface area contributed by atoms with Crippen molar-refractivity contribution in [2.75, 3.05) is 0 Å². The van der Waals surface area contributed by atoms with Crippen molar-refractivity contribution in [2.45, 2.75) is 52.6 Å². The summed E-state index contributed by atoms with van der Waals surface area (Å²) in [5, 5.41) is 6.11. The van der Waals surface area contributed by atoms with Crippen molar-refractivity contribution in [3.05, 3.63) is 30.1 Å². The van der Waals surface area contributed by atoms with Gasteiger partial charge in [0, 0.05) is 25.0 Å². The molecule has 0 bridgehead atoms. The topological polar surface area (TPSA) is 54.0 Å². The number of aromatic nitrogens is 1. The number of nitrogens with one attached hydrogen (secondary N) is 2. The van der Waals surface area contributed by atoms with Crippen molar-refractivity contribution in [1.82, 2.24) is 15.6 Å². The summed E-state index contributed by atoms with van der Waals surface area (Å²) >= 11 is 0. The highest BCUT2D eigenvalue weighted by Crippen LogP contribution is 2.33. The van der Waals surface area contributed by atoms with Crippen LogP contribution in [0.4, 0.5) is 4.79 Å². The lowest BCUT2D eigenvalue weighted by Crippen LogP contribution is -2.49. The average Bonchev–Trinajstić information content (AvgIpc) is 2.46. The number of rotatable bonds is 4. The molecule has 1 aliphatic rings. The molecule has 3 atom stereocenters. The Morgan fingerprint density at radius 3 is 2.90 bits per heavy atom. The molecule has 1 fully saturated rings. The Kier molecular flexibility index (Phi) is 5.59. The standard InChI is InChI=1S/C17H27N3O/c1-12(2)15-7-6-13(3)9-16(15)20-17(21)19-11-14-5-4-8-18-10-14/h4-5,8,10,12-13,15-16H,6-7,9,11H2,1-3H3,(H2,19,20,21)/t13-,15+,16-/m1/s1. The fourth-order valence-corrected chi connectivity index (χ4v) is 3.27. The molecule has 4 heteroatoms. The Labute approximate surface area is 127 Å². The molecule has 1 aromatic heterocycles. The number of carbonyl (C=O) groups is 1. The lowest BCUT2D eigenvalue weighted by atomic mass is 9.74. The van der Waals surface area contributed by atoms with Crippen LogP contribution in [0.25, 0.3) is 0 Å². The lowest BCUT2D eigenvalue weighted by Gasteiger charge is -2.37. The highest BCUT2D eigenvalue weighted by Gasteiger charge is 2.31. The van der Waals surface area contributed by atoms with Gasteiger partial charge in [0.1, 0.15) is 0 Å². The van der Waals surface area contributed by atoms with E-state index < -0.39 is 0 Å². The van der Waals surface area contributed by atoms with Gasteiger partial charge in [-0.05, 0) is 42.2 Å². The van der Waals surface area contributed by atoms with Crippen molar-refractivity contribution >= 4 is 6.03 Å². The highest BCUT2D eigenvalue weighted by molar-refractivity contribution is 5.74. The third-order valence-corrected chi connectivity index (χ3v) is 4.51. The van der Waals surface area contributed by atoms with E-state index in [9.17, 15) is 4.79 Å². The van der Waals surface area contributed by atoms with E-state index in [-0.39, 0.29) is 6.03 Å². The van der Waals surface area contributed by atoms with Gasteiger partial charge in [-0.2, -0.15) is 0 Å². The second-order valence-electron chi connectivity index (χ2n) is 6.62. The van der Waals surface area contributed by atoms with Crippen LogP contribution in [0.3, 0.4) is 0 Å². The lowest BCUT2D eigenvalue weighted by molar-refractivity contribution is 0.168. The molecule has 116 valence electrons. The van der Waals surface area contributed by atoms with Gasteiger partial charge in [0.05, 0.1) is 0 Å². The second kappa shape index (κ2) is 7.43. The second-order valence-corrected chi connectivity index (χ2v) is 6.62. The van der Waals surface area contributed by atoms with Gasteiger partial charge in [0.2, 0.25) is 0 Å². The summed E-state index contributed by atoms with van der Waals surface area (Å²) in [4.78, 5) is 16.2. The van der Waals surface area contributed by atoms with E-state index in [1.54, 1.807) is 12.4 Å². The van der Waals surface area contributed by atoms with Crippen molar-refractivity contribution in [1.29, 1.82) is 0 Å². The quantitative estimate of drug-likeness (QED) is 0.893. The molecule has 0 saturated heterocycles. The number of urea groups is 1. The van der Waals surface area contributed by atoms with Crippen molar-refractivity contribution in [3.8, 4) is 0 Å². The normalized spacial score (nSPS) is 25.6. The number of nitrogens with zero attached hydrogens (tertiary/aromatic N) is 1. The minimum absolute atomic E-state index is 0.0661. The molecular formula is C17H27N3O. The van der Waals surface area contributed by atoms with Gasteiger partial charge in [-0.25, -0.2) is 4.79 Å². The van der Waals surface area contributed by atoms with Crippen LogP contribution in [0.15, 0.2) is 24.5 Å². The van der Waals surface area contributed by atoms with Crippen LogP contribution in [0.1, 0.15) is 45.6 Å². The summed E-state index contributed by atoms with van der Waals surface area (Å²) in [6, 6.07) is 4.07. The van der Waals surface area contributed by atoms with Gasteiger partial charge in [0.15, 0.2) is 0 Å². The highest BCUT2D eigenvalue weighted by atomic mass is 16.2. The van der Waals surface area contributed by atoms with E-state index in [4.69, 9.17) is 0 Å². The zero-order valence-corrected chi connectivity index (χ0v) is 13.3. The zero-order chi connectivity index (χ0) is 15.2. The van der Waals surface area contributed by atoms with Crippen molar-refractivity contribution < 1.29 is 4.79 Å². The summed E-state index contributed by atoms with van der Waals surface area (Å²) in [6.45, 7) is 7.30. The minimum atomic E-state index is -0.0661. The first kappa shape index (κ1) is 15.8. The molecule has 1 heterocycles. The number of carbonyl (C=O) groups excluding carboxylic acids is 1. The number of hydrogen-bond donors (Lipinski definition) is 2. The van der Waals surface area contributed by atoms with Crippen LogP contribution < -0.4 is 10.6 Å². The summed E-state index contributed by atoms with van der Waals surface area (Å²) in [6.07, 6.45) is 7.09. The monoisotopic (exact) mass is 289 g/mol. The van der Waals surface area contributed by atoms with E-state index in [1.165, 1.54) is 12.8 Å². The fraction of sp³-hybridized carbons (Fsp3) is 0.647. The molecule has 2 amide bonds. The van der Waals surface area contributed by atoms with Gasteiger partial charge in [-0.3, -0.25) is 4.98 Å². The molecule has 1 saturated carbocycles. The van der Waals surface area contributed by atoms with Crippen LogP contribution in [0.5, 0.6) is 0 Å². The molecule has 1 aliphatic carbocycles. The van der Waals surface area contributed by atoms with Crippen LogP contribution >= 0.6 is 0 Å².